The van der Waals surface area contributed by atoms with Gasteiger partial charge >= 0.3 is 6.18 Å². The topological polar surface area (TPSA) is 12.0 Å². The molecule has 1 aromatic heterocycles. The van der Waals surface area contributed by atoms with Gasteiger partial charge in [-0.25, -0.2) is 0 Å². The highest BCUT2D eigenvalue weighted by Gasteiger charge is 2.42. The summed E-state index contributed by atoms with van der Waals surface area (Å²) in [6.07, 6.45) is -2.21. The quantitative estimate of drug-likeness (QED) is 0.735. The summed E-state index contributed by atoms with van der Waals surface area (Å²) in [6, 6.07) is 2.18. The van der Waals surface area contributed by atoms with Gasteiger partial charge in [0, 0.05) is 15.4 Å². The van der Waals surface area contributed by atoms with Crippen LogP contribution in [0.4, 0.5) is 13.2 Å². The number of thiophene rings is 1. The Morgan fingerprint density at radius 2 is 2.00 bits per heavy atom. The molecule has 1 atom stereocenters. The molecule has 0 bridgehead atoms. The van der Waals surface area contributed by atoms with Crippen molar-refractivity contribution >= 4 is 27.3 Å². The van der Waals surface area contributed by atoms with Crippen molar-refractivity contribution in [1.29, 1.82) is 0 Å². The number of alkyl halides is 3. The molecule has 0 spiro atoms. The van der Waals surface area contributed by atoms with Crippen LogP contribution in [0, 0.1) is 11.8 Å². The third kappa shape index (κ3) is 3.77. The minimum atomic E-state index is -4.03. The van der Waals surface area contributed by atoms with E-state index in [0.717, 1.165) is 11.0 Å². The van der Waals surface area contributed by atoms with Gasteiger partial charge in [0.1, 0.15) is 0 Å². The molecule has 6 heteroatoms. The van der Waals surface area contributed by atoms with Crippen LogP contribution >= 0.6 is 27.3 Å². The van der Waals surface area contributed by atoms with Crippen LogP contribution in [-0.2, 0) is 0 Å². The third-order valence-electron chi connectivity index (χ3n) is 4.06. The highest BCUT2D eigenvalue weighted by molar-refractivity contribution is 9.10. The molecule has 1 unspecified atom stereocenters. The Bertz CT molecular complexity index is 424. The van der Waals surface area contributed by atoms with Crippen molar-refractivity contribution in [2.75, 3.05) is 6.54 Å². The minimum Gasteiger partial charge on any atom is -0.309 e. The Hall–Kier alpha value is -0.0700. The van der Waals surface area contributed by atoms with E-state index in [9.17, 15) is 13.2 Å². The molecular weight excluding hydrogens is 351 g/mol. The lowest BCUT2D eigenvalue weighted by Gasteiger charge is -2.34. The summed E-state index contributed by atoms with van der Waals surface area (Å²) in [4.78, 5) is 1.21. The van der Waals surface area contributed by atoms with Gasteiger partial charge in [-0.05, 0) is 65.5 Å². The Balaban J connectivity index is 2.04. The van der Waals surface area contributed by atoms with Gasteiger partial charge in [0.2, 0.25) is 0 Å². The second-order valence-electron chi connectivity index (χ2n) is 5.32. The van der Waals surface area contributed by atoms with Crippen LogP contribution in [0.15, 0.2) is 15.9 Å². The molecule has 2 rings (SSSR count). The van der Waals surface area contributed by atoms with E-state index in [-0.39, 0.29) is 18.9 Å². The summed E-state index contributed by atoms with van der Waals surface area (Å²) < 4.78 is 39.3. The van der Waals surface area contributed by atoms with Gasteiger partial charge in [-0.2, -0.15) is 13.2 Å². The standard InChI is InChI=1S/C14H19BrF3NS/c1-2-19-12(13-11(15)7-8-20-13)9-3-5-10(6-4-9)14(16,17)18/h7-10,12,19H,2-6H2,1H3. The molecule has 0 saturated heterocycles. The molecule has 0 radical (unpaired) electrons. The zero-order valence-corrected chi connectivity index (χ0v) is 13.7. The predicted molar refractivity (Wildman–Crippen MR) is 79.9 cm³/mol. The SMILES string of the molecule is CCNC(c1sccc1Br)C1CCC(C(F)(F)F)CC1. The van der Waals surface area contributed by atoms with Gasteiger partial charge in [0.05, 0.1) is 5.92 Å². The van der Waals surface area contributed by atoms with E-state index >= 15 is 0 Å². The molecule has 1 aliphatic carbocycles. The fourth-order valence-corrected chi connectivity index (χ4v) is 4.79. The van der Waals surface area contributed by atoms with Crippen LogP contribution < -0.4 is 5.32 Å². The lowest BCUT2D eigenvalue weighted by Crippen LogP contribution is -2.34. The predicted octanol–water partition coefficient (Wildman–Crippen LogP) is 5.53. The largest absolute Gasteiger partial charge is 0.391 e. The average Bonchev–Trinajstić information content (AvgIpc) is 2.81. The summed E-state index contributed by atoms with van der Waals surface area (Å²) in [6.45, 7) is 2.87. The van der Waals surface area contributed by atoms with Crippen molar-refractivity contribution < 1.29 is 13.2 Å². The van der Waals surface area contributed by atoms with E-state index in [4.69, 9.17) is 0 Å². The van der Waals surface area contributed by atoms with Gasteiger partial charge < -0.3 is 5.32 Å². The number of hydrogen-bond acceptors (Lipinski definition) is 2. The highest BCUT2D eigenvalue weighted by atomic mass is 79.9. The van der Waals surface area contributed by atoms with Gasteiger partial charge in [0.15, 0.2) is 0 Å². The second kappa shape index (κ2) is 6.79. The maximum Gasteiger partial charge on any atom is 0.391 e. The molecular formula is C14H19BrF3NS. The number of nitrogens with one attached hydrogen (secondary N) is 1. The average molecular weight is 370 g/mol. The van der Waals surface area contributed by atoms with Crippen LogP contribution in [0.1, 0.15) is 43.5 Å². The second-order valence-corrected chi connectivity index (χ2v) is 7.12. The van der Waals surface area contributed by atoms with Gasteiger partial charge in [-0.3, -0.25) is 0 Å². The first kappa shape index (κ1) is 16.3. The van der Waals surface area contributed by atoms with Crippen molar-refractivity contribution in [1.82, 2.24) is 5.32 Å². The normalized spacial score (nSPS) is 25.6. The maximum atomic E-state index is 12.7. The van der Waals surface area contributed by atoms with Crippen molar-refractivity contribution in [2.24, 2.45) is 11.8 Å². The van der Waals surface area contributed by atoms with E-state index in [2.05, 4.69) is 21.2 Å². The first-order valence-corrected chi connectivity index (χ1v) is 8.63. The van der Waals surface area contributed by atoms with E-state index < -0.39 is 12.1 Å². The van der Waals surface area contributed by atoms with Crippen molar-refractivity contribution in [3.05, 3.63) is 20.8 Å². The van der Waals surface area contributed by atoms with E-state index in [1.807, 2.05) is 18.4 Å². The molecule has 114 valence electrons. The lowest BCUT2D eigenvalue weighted by atomic mass is 9.78. The summed E-state index contributed by atoms with van der Waals surface area (Å²) >= 11 is 5.20. The molecule has 1 saturated carbocycles. The van der Waals surface area contributed by atoms with Crippen molar-refractivity contribution in [2.45, 2.75) is 44.8 Å². The van der Waals surface area contributed by atoms with Crippen molar-refractivity contribution in [3.63, 3.8) is 0 Å². The molecule has 1 N–H and O–H groups in total. The number of halogens is 4. The molecule has 0 amide bonds. The van der Waals surface area contributed by atoms with Crippen LogP contribution in [-0.4, -0.2) is 12.7 Å². The Kier molecular flexibility index (Phi) is 5.54. The molecule has 0 aliphatic heterocycles. The molecule has 1 aromatic rings. The first-order valence-electron chi connectivity index (χ1n) is 6.96. The monoisotopic (exact) mass is 369 g/mol. The Morgan fingerprint density at radius 3 is 2.45 bits per heavy atom. The number of rotatable bonds is 4. The zero-order valence-electron chi connectivity index (χ0n) is 11.3. The third-order valence-corrected chi connectivity index (χ3v) is 6.01. The van der Waals surface area contributed by atoms with Gasteiger partial charge in [0.25, 0.3) is 0 Å². The molecule has 1 fully saturated rings. The summed E-state index contributed by atoms with van der Waals surface area (Å²) in [5, 5.41) is 5.47. The molecule has 0 aromatic carbocycles. The maximum absolute atomic E-state index is 12.7. The van der Waals surface area contributed by atoms with Crippen molar-refractivity contribution in [3.8, 4) is 0 Å². The fraction of sp³-hybridized carbons (Fsp3) is 0.714. The zero-order chi connectivity index (χ0) is 14.8. The summed E-state index contributed by atoms with van der Waals surface area (Å²) in [5.41, 5.74) is 0. The fourth-order valence-electron chi connectivity index (χ4n) is 3.00. The van der Waals surface area contributed by atoms with Crippen LogP contribution in [0.2, 0.25) is 0 Å². The van der Waals surface area contributed by atoms with Crippen LogP contribution in [0.3, 0.4) is 0 Å². The lowest BCUT2D eigenvalue weighted by molar-refractivity contribution is -0.184. The molecule has 1 aliphatic rings. The van der Waals surface area contributed by atoms with Crippen LogP contribution in [0.25, 0.3) is 0 Å². The minimum absolute atomic E-state index is 0.170. The summed E-state index contributed by atoms with van der Waals surface area (Å²) in [5.74, 6) is -0.809. The summed E-state index contributed by atoms with van der Waals surface area (Å²) in [7, 11) is 0. The van der Waals surface area contributed by atoms with Crippen LogP contribution in [0.5, 0.6) is 0 Å². The Labute approximate surface area is 130 Å². The smallest absolute Gasteiger partial charge is 0.309 e. The van der Waals surface area contributed by atoms with E-state index in [1.54, 1.807) is 11.3 Å². The van der Waals surface area contributed by atoms with Gasteiger partial charge in [-0.15, -0.1) is 11.3 Å². The molecule has 1 nitrogen and oxygen atoms in total. The Morgan fingerprint density at radius 1 is 1.35 bits per heavy atom. The van der Waals surface area contributed by atoms with E-state index in [1.165, 1.54) is 4.88 Å². The molecule has 1 heterocycles. The number of hydrogen-bond donors (Lipinski definition) is 1. The van der Waals surface area contributed by atoms with E-state index in [0.29, 0.717) is 18.8 Å². The first-order chi connectivity index (χ1) is 9.43. The molecule has 20 heavy (non-hydrogen) atoms. The highest BCUT2D eigenvalue weighted by Crippen LogP contribution is 2.45. The van der Waals surface area contributed by atoms with Gasteiger partial charge in [-0.1, -0.05) is 6.92 Å².